The highest BCUT2D eigenvalue weighted by Crippen LogP contribution is 2.41. The molecule has 0 amide bonds. The number of hydrogen-bond acceptors (Lipinski definition) is 3. The molecule has 0 N–H and O–H groups in total. The van der Waals surface area contributed by atoms with Crippen molar-refractivity contribution < 1.29 is 27.0 Å². The maximum Gasteiger partial charge on any atom is 0.435 e. The molecule has 3 aromatic rings. The molecule has 1 aromatic heterocycles. The summed E-state index contributed by atoms with van der Waals surface area (Å²) >= 11 is 1.81. The fourth-order valence-corrected chi connectivity index (χ4v) is 3.46. The third kappa shape index (κ3) is 4.65. The van der Waals surface area contributed by atoms with Crippen LogP contribution in [0.25, 0.3) is 11.1 Å². The lowest BCUT2D eigenvalue weighted by Crippen LogP contribution is -2.09. The molecule has 0 saturated carbocycles. The molecule has 0 saturated heterocycles. The zero-order chi connectivity index (χ0) is 21.2. The van der Waals surface area contributed by atoms with E-state index < -0.39 is 17.7 Å². The second kappa shape index (κ2) is 8.60. The van der Waals surface area contributed by atoms with Gasteiger partial charge < -0.3 is 9.47 Å². The van der Waals surface area contributed by atoms with Crippen LogP contribution in [0.3, 0.4) is 0 Å². The van der Waals surface area contributed by atoms with Gasteiger partial charge in [0.1, 0.15) is 12.4 Å². The summed E-state index contributed by atoms with van der Waals surface area (Å²) in [4.78, 5) is 0. The number of benzene rings is 2. The van der Waals surface area contributed by atoms with Crippen molar-refractivity contribution in [2.75, 3.05) is 7.11 Å². The number of nitrogens with zero attached hydrogens (tertiary/aromatic N) is 2. The monoisotopic (exact) mass is 520 g/mol. The van der Waals surface area contributed by atoms with Crippen molar-refractivity contribution in [2.24, 2.45) is 0 Å². The topological polar surface area (TPSA) is 36.3 Å². The minimum Gasteiger partial charge on any atom is -0.497 e. The Bertz CT molecular complexity index is 1000. The maximum absolute atomic E-state index is 15.2. The van der Waals surface area contributed by atoms with Gasteiger partial charge in [-0.3, -0.25) is 4.68 Å². The first kappa shape index (κ1) is 21.4. The van der Waals surface area contributed by atoms with Gasteiger partial charge in [-0.25, -0.2) is 4.39 Å². The molecule has 0 fully saturated rings. The summed E-state index contributed by atoms with van der Waals surface area (Å²) in [7, 11) is 1.55. The van der Waals surface area contributed by atoms with Crippen molar-refractivity contribution in [1.29, 1.82) is 0 Å². The molecule has 4 nitrogen and oxygen atoms in total. The molecule has 29 heavy (non-hydrogen) atoms. The average Bonchev–Trinajstić information content (AvgIpc) is 3.12. The molecule has 0 unspecified atom stereocenters. The third-order valence-electron chi connectivity index (χ3n) is 4.23. The van der Waals surface area contributed by atoms with Crippen molar-refractivity contribution in [3.05, 3.63) is 63.2 Å². The Morgan fingerprint density at radius 1 is 1.10 bits per heavy atom. The Morgan fingerprint density at radius 3 is 2.38 bits per heavy atom. The molecule has 0 aliphatic rings. The lowest BCUT2D eigenvalue weighted by molar-refractivity contribution is -0.141. The van der Waals surface area contributed by atoms with Crippen LogP contribution in [-0.4, -0.2) is 16.9 Å². The summed E-state index contributed by atoms with van der Waals surface area (Å²) in [5.74, 6) is -0.315. The zero-order valence-electron chi connectivity index (χ0n) is 15.6. The van der Waals surface area contributed by atoms with Crippen LogP contribution in [0.2, 0.25) is 0 Å². The molecule has 0 bridgehead atoms. The normalized spacial score (nSPS) is 11.6. The molecule has 0 atom stereocenters. The first-order chi connectivity index (χ1) is 13.7. The van der Waals surface area contributed by atoms with Gasteiger partial charge in [-0.1, -0.05) is 12.1 Å². The van der Waals surface area contributed by atoms with E-state index in [0.717, 1.165) is 10.2 Å². The van der Waals surface area contributed by atoms with Gasteiger partial charge in [0.05, 0.1) is 7.11 Å². The first-order valence-electron chi connectivity index (χ1n) is 8.63. The standard InChI is InChI=1S/C20H17F4IN2O2/c1-3-27-10-14(19(26-27)20(22,23)24)17-15(25)8-9-16(18(17)21)29-11-12-4-6-13(28-2)7-5-12/h4-10H,3,11H2,1-2H3. The number of alkyl halides is 3. The number of aryl methyl sites for hydroxylation is 1. The number of methoxy groups -OCH3 is 1. The van der Waals surface area contributed by atoms with Crippen molar-refractivity contribution in [1.82, 2.24) is 9.78 Å². The van der Waals surface area contributed by atoms with Crippen LogP contribution in [0.15, 0.2) is 42.6 Å². The Kier molecular flexibility index (Phi) is 6.35. The average molecular weight is 520 g/mol. The van der Waals surface area contributed by atoms with E-state index in [1.165, 1.54) is 18.3 Å². The maximum atomic E-state index is 15.2. The predicted octanol–water partition coefficient (Wildman–Crippen LogP) is 5.92. The van der Waals surface area contributed by atoms with E-state index >= 15 is 4.39 Å². The van der Waals surface area contributed by atoms with Gasteiger partial charge in [-0.05, 0) is 59.3 Å². The fraction of sp³-hybridized carbons (Fsp3) is 0.250. The Morgan fingerprint density at radius 2 is 1.79 bits per heavy atom. The minimum absolute atomic E-state index is 0.0568. The highest BCUT2D eigenvalue weighted by Gasteiger charge is 2.38. The summed E-state index contributed by atoms with van der Waals surface area (Å²) in [5.41, 5.74) is -0.843. The third-order valence-corrected chi connectivity index (χ3v) is 5.13. The lowest BCUT2D eigenvalue weighted by Gasteiger charge is -2.13. The van der Waals surface area contributed by atoms with E-state index in [4.69, 9.17) is 9.47 Å². The molecule has 0 aliphatic heterocycles. The first-order valence-corrected chi connectivity index (χ1v) is 9.71. The van der Waals surface area contributed by atoms with Gasteiger partial charge in [-0.15, -0.1) is 0 Å². The summed E-state index contributed by atoms with van der Waals surface area (Å²) in [6.07, 6.45) is -3.50. The molecule has 1 heterocycles. The second-order valence-corrected chi connectivity index (χ2v) is 7.28. The van der Waals surface area contributed by atoms with E-state index in [1.807, 2.05) is 0 Å². The van der Waals surface area contributed by atoms with Crippen LogP contribution in [0.1, 0.15) is 18.2 Å². The quantitative estimate of drug-likeness (QED) is 0.299. The number of ether oxygens (including phenoxy) is 2. The van der Waals surface area contributed by atoms with Gasteiger partial charge in [0.2, 0.25) is 0 Å². The molecular formula is C20H17F4IN2O2. The highest BCUT2D eigenvalue weighted by molar-refractivity contribution is 14.1. The van der Waals surface area contributed by atoms with Crippen LogP contribution in [0.4, 0.5) is 17.6 Å². The Hall–Kier alpha value is -2.30. The molecule has 154 valence electrons. The Labute approximate surface area is 178 Å². The largest absolute Gasteiger partial charge is 0.497 e. The predicted molar refractivity (Wildman–Crippen MR) is 108 cm³/mol. The second-order valence-electron chi connectivity index (χ2n) is 6.12. The lowest BCUT2D eigenvalue weighted by atomic mass is 10.0. The molecular weight excluding hydrogens is 503 g/mol. The van der Waals surface area contributed by atoms with E-state index in [-0.39, 0.29) is 30.0 Å². The summed E-state index contributed by atoms with van der Waals surface area (Å²) < 4.78 is 67.6. The molecule has 3 rings (SSSR count). The molecule has 9 heteroatoms. The highest BCUT2D eigenvalue weighted by atomic mass is 127. The summed E-state index contributed by atoms with van der Waals surface area (Å²) in [5, 5.41) is 3.57. The van der Waals surface area contributed by atoms with E-state index in [9.17, 15) is 13.2 Å². The number of halogens is 5. The van der Waals surface area contributed by atoms with Gasteiger partial charge in [-0.2, -0.15) is 18.3 Å². The Balaban J connectivity index is 1.96. The number of hydrogen-bond donors (Lipinski definition) is 0. The number of rotatable bonds is 6. The van der Waals surface area contributed by atoms with Crippen molar-refractivity contribution in [3.63, 3.8) is 0 Å². The molecule has 2 aromatic carbocycles. The van der Waals surface area contributed by atoms with Crippen LogP contribution in [-0.2, 0) is 19.3 Å². The van der Waals surface area contributed by atoms with Crippen molar-refractivity contribution in [3.8, 4) is 22.6 Å². The molecule has 0 spiro atoms. The van der Waals surface area contributed by atoms with Gasteiger partial charge >= 0.3 is 6.18 Å². The number of aromatic nitrogens is 2. The van der Waals surface area contributed by atoms with E-state index in [1.54, 1.807) is 60.9 Å². The van der Waals surface area contributed by atoms with Crippen LogP contribution >= 0.6 is 22.6 Å². The van der Waals surface area contributed by atoms with Crippen LogP contribution in [0, 0.1) is 9.39 Å². The molecule has 0 aliphatic carbocycles. The van der Waals surface area contributed by atoms with E-state index in [0.29, 0.717) is 9.32 Å². The minimum atomic E-state index is -4.70. The van der Waals surface area contributed by atoms with Gasteiger partial charge in [0.15, 0.2) is 17.3 Å². The fourth-order valence-electron chi connectivity index (χ4n) is 2.75. The van der Waals surface area contributed by atoms with E-state index in [2.05, 4.69) is 5.10 Å². The SMILES string of the molecule is CCn1cc(-c2c(I)ccc(OCc3ccc(OC)cc3)c2F)c(C(F)(F)F)n1. The van der Waals surface area contributed by atoms with Crippen molar-refractivity contribution >= 4 is 22.6 Å². The van der Waals surface area contributed by atoms with Gasteiger partial charge in [0.25, 0.3) is 0 Å². The summed E-state index contributed by atoms with van der Waals surface area (Å²) in [6, 6.07) is 9.93. The van der Waals surface area contributed by atoms with Gasteiger partial charge in [0, 0.05) is 27.4 Å². The van der Waals surface area contributed by atoms with Crippen LogP contribution in [0.5, 0.6) is 11.5 Å². The summed E-state index contributed by atoms with van der Waals surface area (Å²) in [6.45, 7) is 1.95. The van der Waals surface area contributed by atoms with Crippen molar-refractivity contribution in [2.45, 2.75) is 26.3 Å². The smallest absolute Gasteiger partial charge is 0.435 e. The van der Waals surface area contributed by atoms with Crippen LogP contribution < -0.4 is 9.47 Å². The zero-order valence-corrected chi connectivity index (χ0v) is 17.7. The molecule has 0 radical (unpaired) electrons.